The molecule has 1 aliphatic rings. The zero-order valence-corrected chi connectivity index (χ0v) is 25.0. The van der Waals surface area contributed by atoms with Gasteiger partial charge in [0.05, 0.1) is 39.5 Å². The predicted molar refractivity (Wildman–Crippen MR) is 160 cm³/mol. The second-order valence-electron chi connectivity index (χ2n) is 9.06. The second kappa shape index (κ2) is 12.3. The molecule has 0 bridgehead atoms. The first-order chi connectivity index (χ1) is 20.2. The molecule has 0 radical (unpaired) electrons. The summed E-state index contributed by atoms with van der Waals surface area (Å²) in [5.41, 5.74) is 1.81. The molecule has 3 heterocycles. The molecule has 10 nitrogen and oxygen atoms in total. The summed E-state index contributed by atoms with van der Waals surface area (Å²) in [6, 6.07) is 12.4. The molecule has 0 unspecified atom stereocenters. The van der Waals surface area contributed by atoms with Gasteiger partial charge < -0.3 is 14.2 Å². The number of non-ortho nitro benzene ring substituents is 1. The van der Waals surface area contributed by atoms with Crippen molar-refractivity contribution in [1.82, 2.24) is 4.57 Å². The minimum atomic E-state index is -0.657. The van der Waals surface area contributed by atoms with Crippen LogP contribution in [0.3, 0.4) is 0 Å². The van der Waals surface area contributed by atoms with Gasteiger partial charge in [-0.3, -0.25) is 19.5 Å². The van der Waals surface area contributed by atoms with Crippen molar-refractivity contribution in [3.63, 3.8) is 0 Å². The number of ether oxygens (including phenoxy) is 3. The van der Waals surface area contributed by atoms with E-state index in [-0.39, 0.29) is 29.5 Å². The molecule has 0 saturated heterocycles. The molecule has 13 heteroatoms. The van der Waals surface area contributed by atoms with Crippen LogP contribution < -0.4 is 24.4 Å². The van der Waals surface area contributed by atoms with E-state index in [9.17, 15) is 19.7 Å². The molecule has 0 spiro atoms. The zero-order chi connectivity index (χ0) is 30.0. The molecule has 2 aromatic heterocycles. The van der Waals surface area contributed by atoms with E-state index in [1.54, 1.807) is 44.2 Å². The lowest BCUT2D eigenvalue weighted by Gasteiger charge is -2.23. The van der Waals surface area contributed by atoms with Gasteiger partial charge in [-0.1, -0.05) is 29.0 Å². The highest BCUT2D eigenvalue weighted by molar-refractivity contribution is 7.10. The molecule has 1 aliphatic heterocycles. The molecule has 0 amide bonds. The van der Waals surface area contributed by atoms with Crippen molar-refractivity contribution in [1.29, 1.82) is 0 Å². The molecule has 4 aromatic rings. The van der Waals surface area contributed by atoms with Crippen molar-refractivity contribution < 1.29 is 23.9 Å². The number of nitrogens with zero attached hydrogens (tertiary/aromatic N) is 3. The van der Waals surface area contributed by atoms with Gasteiger partial charge in [-0.15, -0.1) is 11.3 Å². The maximum Gasteiger partial charge on any atom is 0.338 e. The van der Waals surface area contributed by atoms with E-state index in [0.29, 0.717) is 43.2 Å². The third-order valence-electron chi connectivity index (χ3n) is 6.41. The number of allylic oxidation sites excluding steroid dienone is 1. The summed E-state index contributed by atoms with van der Waals surface area (Å²) < 4.78 is 18.7. The van der Waals surface area contributed by atoms with Gasteiger partial charge in [0, 0.05) is 17.0 Å². The minimum absolute atomic E-state index is 0.0158. The molecule has 42 heavy (non-hydrogen) atoms. The summed E-state index contributed by atoms with van der Waals surface area (Å²) in [6.45, 7) is 3.78. The zero-order valence-electron chi connectivity index (χ0n) is 22.7. The first-order valence-corrected chi connectivity index (χ1v) is 14.8. The summed E-state index contributed by atoms with van der Waals surface area (Å²) in [7, 11) is 1.47. The van der Waals surface area contributed by atoms with Crippen LogP contribution in [-0.4, -0.2) is 29.2 Å². The first kappa shape index (κ1) is 29.2. The number of methoxy groups -OCH3 is 1. The summed E-state index contributed by atoms with van der Waals surface area (Å²) in [4.78, 5) is 43.0. The number of carbonyl (C=O) groups excluding carboxylic acids is 1. The van der Waals surface area contributed by atoms with Gasteiger partial charge in [0.2, 0.25) is 0 Å². The minimum Gasteiger partial charge on any atom is -0.493 e. The molecular formula is C29H24ClN3O7S2. The molecule has 1 atom stereocenters. The van der Waals surface area contributed by atoms with E-state index in [4.69, 9.17) is 25.8 Å². The molecule has 216 valence electrons. The quantitative estimate of drug-likeness (QED) is 0.146. The van der Waals surface area contributed by atoms with Gasteiger partial charge in [-0.05, 0) is 66.8 Å². The number of benzene rings is 2. The predicted octanol–water partition coefficient (Wildman–Crippen LogP) is 5.01. The molecule has 0 fully saturated rings. The lowest BCUT2D eigenvalue weighted by Crippen LogP contribution is -2.39. The number of nitro benzene ring substituents is 1. The summed E-state index contributed by atoms with van der Waals surface area (Å²) in [5, 5.41) is 13.1. The number of rotatable bonds is 9. The normalized spacial score (nSPS) is 14.8. The standard InChI is InChI=1S/C29H24ClN3O7S2/c1-4-39-28(35)24-16(2)31-29-32(25(24)22-6-5-11-41-22)27(34)23(42-29)14-18-12-20(30)26(21(13-18)38-3)40-15-17-7-9-19(10-8-17)33(36)37/h5-14,25H,4,15H2,1-3H3/b23-14-/t25-/m0/s1. The average Bonchev–Trinajstić information content (AvgIpc) is 3.60. The van der Waals surface area contributed by atoms with Gasteiger partial charge in [-0.25, -0.2) is 9.79 Å². The van der Waals surface area contributed by atoms with Crippen LogP contribution in [0.15, 0.2) is 75.0 Å². The smallest absolute Gasteiger partial charge is 0.338 e. The Morgan fingerprint density at radius 3 is 2.64 bits per heavy atom. The van der Waals surface area contributed by atoms with Crippen LogP contribution in [-0.2, 0) is 16.1 Å². The van der Waals surface area contributed by atoms with E-state index in [1.807, 2.05) is 17.5 Å². The largest absolute Gasteiger partial charge is 0.493 e. The molecule has 0 aliphatic carbocycles. The van der Waals surface area contributed by atoms with Crippen LogP contribution in [0.4, 0.5) is 5.69 Å². The van der Waals surface area contributed by atoms with Crippen molar-refractivity contribution in [2.75, 3.05) is 13.7 Å². The topological polar surface area (TPSA) is 122 Å². The SMILES string of the molecule is CCOC(=O)C1=C(C)N=c2s/c(=C\c3cc(Cl)c(OCc4ccc([N+](=O)[O-])cc4)c(OC)c3)c(=O)n2[C@H]1c1cccs1. The fraction of sp³-hybridized carbons (Fsp3) is 0.207. The summed E-state index contributed by atoms with van der Waals surface area (Å²) >= 11 is 9.23. The summed E-state index contributed by atoms with van der Waals surface area (Å²) in [5.74, 6) is 0.135. The van der Waals surface area contributed by atoms with E-state index < -0.39 is 16.9 Å². The second-order valence-corrected chi connectivity index (χ2v) is 11.5. The van der Waals surface area contributed by atoms with Crippen molar-refractivity contribution >= 4 is 52.0 Å². The Bertz CT molecular complexity index is 1880. The molecule has 0 saturated carbocycles. The van der Waals surface area contributed by atoms with E-state index in [1.165, 1.54) is 46.5 Å². The number of carbonyl (C=O) groups is 1. The summed E-state index contributed by atoms with van der Waals surface area (Å²) in [6.07, 6.45) is 1.69. The highest BCUT2D eigenvalue weighted by Gasteiger charge is 2.33. The average molecular weight is 626 g/mol. The Balaban J connectivity index is 1.51. The Labute approximate surface area is 252 Å². The van der Waals surface area contributed by atoms with Gasteiger partial charge in [0.15, 0.2) is 16.3 Å². The number of thiophene rings is 1. The van der Waals surface area contributed by atoms with Crippen LogP contribution in [0.25, 0.3) is 6.08 Å². The molecule has 0 N–H and O–H groups in total. The highest BCUT2D eigenvalue weighted by atomic mass is 35.5. The number of halogens is 1. The number of fused-ring (bicyclic) bond motifs is 1. The van der Waals surface area contributed by atoms with Crippen molar-refractivity contribution in [3.8, 4) is 11.5 Å². The Kier molecular flexibility index (Phi) is 8.57. The maximum absolute atomic E-state index is 13.8. The Morgan fingerprint density at radius 2 is 2.00 bits per heavy atom. The number of aromatic nitrogens is 1. The molecule has 5 rings (SSSR count). The number of hydrogen-bond donors (Lipinski definition) is 0. The monoisotopic (exact) mass is 625 g/mol. The Hall–Kier alpha value is -4.26. The van der Waals surface area contributed by atoms with Crippen LogP contribution in [0.2, 0.25) is 5.02 Å². The maximum atomic E-state index is 13.8. The van der Waals surface area contributed by atoms with Crippen molar-refractivity contribution in [3.05, 3.63) is 116 Å². The van der Waals surface area contributed by atoms with Gasteiger partial charge in [0.25, 0.3) is 11.2 Å². The van der Waals surface area contributed by atoms with Crippen LogP contribution in [0.5, 0.6) is 11.5 Å². The first-order valence-electron chi connectivity index (χ1n) is 12.7. The lowest BCUT2D eigenvalue weighted by atomic mass is 10.0. The fourth-order valence-corrected chi connectivity index (χ4v) is 6.64. The van der Waals surface area contributed by atoms with Gasteiger partial charge in [0.1, 0.15) is 12.6 Å². The van der Waals surface area contributed by atoms with Gasteiger partial charge >= 0.3 is 5.97 Å². The lowest BCUT2D eigenvalue weighted by molar-refractivity contribution is -0.384. The highest BCUT2D eigenvalue weighted by Crippen LogP contribution is 2.37. The Morgan fingerprint density at radius 1 is 1.24 bits per heavy atom. The van der Waals surface area contributed by atoms with Crippen molar-refractivity contribution in [2.45, 2.75) is 26.5 Å². The van der Waals surface area contributed by atoms with Crippen LogP contribution >= 0.6 is 34.3 Å². The number of hydrogen-bond acceptors (Lipinski definition) is 10. The molecular weight excluding hydrogens is 602 g/mol. The number of nitro groups is 1. The van der Waals surface area contributed by atoms with E-state index in [0.717, 1.165) is 4.88 Å². The fourth-order valence-electron chi connectivity index (χ4n) is 4.49. The van der Waals surface area contributed by atoms with Gasteiger partial charge in [-0.2, -0.15) is 0 Å². The number of thiazole rings is 1. The third-order valence-corrected chi connectivity index (χ3v) is 8.60. The van der Waals surface area contributed by atoms with E-state index >= 15 is 0 Å². The van der Waals surface area contributed by atoms with Crippen LogP contribution in [0.1, 0.15) is 35.9 Å². The van der Waals surface area contributed by atoms with Crippen molar-refractivity contribution in [2.24, 2.45) is 4.99 Å². The molecule has 2 aromatic carbocycles. The van der Waals surface area contributed by atoms with E-state index in [2.05, 4.69) is 4.99 Å². The number of esters is 1. The third kappa shape index (κ3) is 5.73. The van der Waals surface area contributed by atoms with Crippen LogP contribution in [0, 0.1) is 10.1 Å².